The van der Waals surface area contributed by atoms with Crippen LogP contribution in [0.25, 0.3) is 0 Å². The van der Waals surface area contributed by atoms with Crippen molar-refractivity contribution in [2.45, 2.75) is 92.7 Å². The van der Waals surface area contributed by atoms with Gasteiger partial charge in [0.25, 0.3) is 0 Å². The van der Waals surface area contributed by atoms with E-state index in [-0.39, 0.29) is 24.4 Å². The van der Waals surface area contributed by atoms with Gasteiger partial charge in [-0.05, 0) is 57.9 Å². The molecule has 0 radical (unpaired) electrons. The van der Waals surface area contributed by atoms with Crippen molar-refractivity contribution in [1.29, 1.82) is 0 Å². The number of allylic oxidation sites excluding steroid dienone is 2. The Morgan fingerprint density at radius 3 is 2.32 bits per heavy atom. The maximum atomic E-state index is 12.8. The first-order chi connectivity index (χ1) is 14.5. The number of hydrogen-bond acceptors (Lipinski definition) is 4. The van der Waals surface area contributed by atoms with Crippen molar-refractivity contribution in [3.63, 3.8) is 0 Å². The molecule has 0 saturated carbocycles. The zero-order chi connectivity index (χ0) is 24.0. The van der Waals surface area contributed by atoms with Gasteiger partial charge in [0.15, 0.2) is 0 Å². The van der Waals surface area contributed by atoms with Gasteiger partial charge in [0.1, 0.15) is 6.04 Å². The van der Waals surface area contributed by atoms with Gasteiger partial charge in [-0.3, -0.25) is 14.4 Å². The maximum Gasteiger partial charge on any atom is 0.243 e. The zero-order valence-corrected chi connectivity index (χ0v) is 20.8. The van der Waals surface area contributed by atoms with Gasteiger partial charge < -0.3 is 21.3 Å². The first-order valence-corrected chi connectivity index (χ1v) is 11.7. The first-order valence-electron chi connectivity index (χ1n) is 11.7. The minimum absolute atomic E-state index is 0.0285. The second-order valence-electron chi connectivity index (χ2n) is 9.47. The number of carbonyl (C=O) groups excluding carboxylic acids is 3. The second kappa shape index (κ2) is 15.8. The van der Waals surface area contributed by atoms with Crippen LogP contribution in [0.3, 0.4) is 0 Å². The highest BCUT2D eigenvalue weighted by Gasteiger charge is 2.38. The number of nitrogens with zero attached hydrogens (tertiary/aromatic N) is 1. The fourth-order valence-corrected chi connectivity index (χ4v) is 3.30. The normalized spacial score (nSPS) is 17.6. The Morgan fingerprint density at radius 1 is 1.19 bits per heavy atom. The Balaban J connectivity index is 0.00000206. The minimum Gasteiger partial charge on any atom is -0.368 e. The van der Waals surface area contributed by atoms with Crippen molar-refractivity contribution in [2.24, 2.45) is 17.6 Å². The summed E-state index contributed by atoms with van der Waals surface area (Å²) in [5, 5.41) is 5.90. The number of hydrogen-bond donors (Lipinski definition) is 3. The highest BCUT2D eigenvalue weighted by molar-refractivity contribution is 5.92. The van der Waals surface area contributed by atoms with Gasteiger partial charge in [-0.15, -0.1) is 0 Å². The molecule has 0 aromatic heterocycles. The lowest BCUT2D eigenvalue weighted by molar-refractivity contribution is -0.139. The Labute approximate surface area is 189 Å². The zero-order valence-electron chi connectivity index (χ0n) is 20.8. The first kappa shape index (κ1) is 29.1. The molecular weight excluding hydrogens is 392 g/mol. The van der Waals surface area contributed by atoms with Gasteiger partial charge in [0, 0.05) is 6.54 Å². The third kappa shape index (κ3) is 13.2. The SMILES string of the molecule is CC(C)C.CCC[C@@H](C(=O)NCC(N)=O)N1CC[C@@H](NCC(C)CCC=C(C)C)C1=O. The average Bonchev–Trinajstić information content (AvgIpc) is 3.02. The summed E-state index contributed by atoms with van der Waals surface area (Å²) in [6.45, 7) is 16.0. The summed E-state index contributed by atoms with van der Waals surface area (Å²) in [6.07, 6.45) is 6.41. The Kier molecular flexibility index (Phi) is 14.9. The summed E-state index contributed by atoms with van der Waals surface area (Å²) in [4.78, 5) is 37.7. The van der Waals surface area contributed by atoms with Crippen LogP contribution in [0.1, 0.15) is 80.6 Å². The Morgan fingerprint density at radius 2 is 1.81 bits per heavy atom. The fourth-order valence-electron chi connectivity index (χ4n) is 3.30. The molecule has 180 valence electrons. The lowest BCUT2D eigenvalue weighted by Gasteiger charge is -2.27. The molecule has 7 nitrogen and oxygen atoms in total. The summed E-state index contributed by atoms with van der Waals surface area (Å²) in [7, 11) is 0. The van der Waals surface area contributed by atoms with Crippen molar-refractivity contribution >= 4 is 17.7 Å². The van der Waals surface area contributed by atoms with Gasteiger partial charge in [-0.2, -0.15) is 0 Å². The molecule has 1 saturated heterocycles. The van der Waals surface area contributed by atoms with Gasteiger partial charge in [0.2, 0.25) is 17.7 Å². The maximum absolute atomic E-state index is 12.8. The van der Waals surface area contributed by atoms with E-state index in [1.54, 1.807) is 4.90 Å². The van der Waals surface area contributed by atoms with Crippen molar-refractivity contribution < 1.29 is 14.4 Å². The molecule has 0 aromatic rings. The van der Waals surface area contributed by atoms with E-state index in [1.165, 1.54) is 5.57 Å². The van der Waals surface area contributed by atoms with E-state index in [0.29, 0.717) is 25.3 Å². The van der Waals surface area contributed by atoms with Crippen LogP contribution in [0.4, 0.5) is 0 Å². The molecule has 1 rings (SSSR count). The molecule has 0 aromatic carbocycles. The van der Waals surface area contributed by atoms with E-state index in [4.69, 9.17) is 5.73 Å². The lowest BCUT2D eigenvalue weighted by Crippen LogP contribution is -2.51. The molecule has 0 spiro atoms. The highest BCUT2D eigenvalue weighted by atomic mass is 16.2. The fraction of sp³-hybridized carbons (Fsp3) is 0.792. The second-order valence-corrected chi connectivity index (χ2v) is 9.47. The van der Waals surface area contributed by atoms with E-state index in [9.17, 15) is 14.4 Å². The number of primary amides is 1. The summed E-state index contributed by atoms with van der Waals surface area (Å²) in [5.41, 5.74) is 6.42. The standard InChI is InChI=1S/C20H36N4O3.C4H10/c1-5-7-17(19(26)23-13-18(21)25)24-11-10-16(20(24)27)22-12-15(4)9-6-8-14(2)3;1-4(2)3/h8,15-17,22H,5-7,9-13H2,1-4H3,(H2,21,25)(H,23,26);4H,1-3H3/t15?,16-,17+;/m1./s1. The van der Waals surface area contributed by atoms with Crippen LogP contribution in [-0.4, -0.2) is 54.3 Å². The summed E-state index contributed by atoms with van der Waals surface area (Å²) >= 11 is 0. The van der Waals surface area contributed by atoms with Gasteiger partial charge in [0.05, 0.1) is 12.6 Å². The Hall–Kier alpha value is -1.89. The van der Waals surface area contributed by atoms with Crippen LogP contribution < -0.4 is 16.4 Å². The van der Waals surface area contributed by atoms with Crippen molar-refractivity contribution in [3.8, 4) is 0 Å². The van der Waals surface area contributed by atoms with Gasteiger partial charge in [-0.25, -0.2) is 0 Å². The number of rotatable bonds is 12. The minimum atomic E-state index is -0.590. The summed E-state index contributed by atoms with van der Waals surface area (Å²) < 4.78 is 0. The number of amides is 3. The van der Waals surface area contributed by atoms with E-state index in [1.807, 2.05) is 6.92 Å². The van der Waals surface area contributed by atoms with Crippen molar-refractivity contribution in [1.82, 2.24) is 15.5 Å². The molecule has 3 atom stereocenters. The molecule has 4 N–H and O–H groups in total. The van der Waals surface area contributed by atoms with Gasteiger partial charge >= 0.3 is 0 Å². The monoisotopic (exact) mass is 438 g/mol. The predicted octanol–water partition coefficient (Wildman–Crippen LogP) is 2.99. The molecule has 1 aliphatic heterocycles. The summed E-state index contributed by atoms with van der Waals surface area (Å²) in [5.74, 6) is 0.389. The van der Waals surface area contributed by atoms with Crippen LogP contribution in [-0.2, 0) is 14.4 Å². The van der Waals surface area contributed by atoms with Crippen molar-refractivity contribution in [2.75, 3.05) is 19.6 Å². The summed E-state index contributed by atoms with van der Waals surface area (Å²) in [6, 6.07) is -0.775. The van der Waals surface area contributed by atoms with Crippen LogP contribution >= 0.6 is 0 Å². The van der Waals surface area contributed by atoms with Crippen LogP contribution in [0.2, 0.25) is 0 Å². The number of carbonyl (C=O) groups is 3. The molecule has 7 heteroatoms. The molecular formula is C24H46N4O3. The third-order valence-corrected chi connectivity index (χ3v) is 4.84. The van der Waals surface area contributed by atoms with Crippen LogP contribution in [0.15, 0.2) is 11.6 Å². The van der Waals surface area contributed by atoms with E-state index in [0.717, 1.165) is 31.7 Å². The molecule has 0 bridgehead atoms. The molecule has 1 aliphatic rings. The van der Waals surface area contributed by atoms with Crippen LogP contribution in [0.5, 0.6) is 0 Å². The lowest BCUT2D eigenvalue weighted by atomic mass is 10.0. The predicted molar refractivity (Wildman–Crippen MR) is 127 cm³/mol. The largest absolute Gasteiger partial charge is 0.368 e. The highest BCUT2D eigenvalue weighted by Crippen LogP contribution is 2.19. The molecule has 31 heavy (non-hydrogen) atoms. The van der Waals surface area contributed by atoms with Gasteiger partial charge in [-0.1, -0.05) is 52.7 Å². The molecule has 1 fully saturated rings. The molecule has 1 heterocycles. The quantitative estimate of drug-likeness (QED) is 0.407. The number of nitrogens with one attached hydrogen (secondary N) is 2. The average molecular weight is 439 g/mol. The topological polar surface area (TPSA) is 105 Å². The van der Waals surface area contributed by atoms with E-state index >= 15 is 0 Å². The third-order valence-electron chi connectivity index (χ3n) is 4.84. The van der Waals surface area contributed by atoms with Crippen LogP contribution in [0, 0.1) is 11.8 Å². The molecule has 1 unspecified atom stereocenters. The smallest absolute Gasteiger partial charge is 0.243 e. The number of nitrogens with two attached hydrogens (primary N) is 1. The van der Waals surface area contributed by atoms with Crippen molar-refractivity contribution in [3.05, 3.63) is 11.6 Å². The Bertz CT molecular complexity index is 583. The molecule has 0 aliphatic carbocycles. The number of likely N-dealkylation sites (tertiary alicyclic amines) is 1. The molecule has 3 amide bonds. The van der Waals surface area contributed by atoms with E-state index < -0.39 is 11.9 Å². The van der Waals surface area contributed by atoms with E-state index in [2.05, 4.69) is 58.3 Å².